The molecule has 0 saturated carbocycles. The molecule has 1 fully saturated rings. The van der Waals surface area contributed by atoms with Crippen molar-refractivity contribution in [1.82, 2.24) is 20.6 Å². The van der Waals surface area contributed by atoms with Gasteiger partial charge in [0, 0.05) is 42.1 Å². The number of aromatic nitrogens is 2. The van der Waals surface area contributed by atoms with Crippen molar-refractivity contribution in [3.63, 3.8) is 0 Å². The van der Waals surface area contributed by atoms with E-state index in [9.17, 15) is 0 Å². The van der Waals surface area contributed by atoms with Crippen molar-refractivity contribution < 1.29 is 0 Å². The largest absolute Gasteiger partial charge is 0.353 e. The molecule has 0 spiro atoms. The van der Waals surface area contributed by atoms with Gasteiger partial charge in [-0.1, -0.05) is 6.08 Å². The van der Waals surface area contributed by atoms with Gasteiger partial charge in [0.2, 0.25) is 0 Å². The number of rotatable bonds is 2. The minimum atomic E-state index is 0.000303. The zero-order valence-electron chi connectivity index (χ0n) is 15.5. The zero-order valence-corrected chi connectivity index (χ0v) is 16.3. The highest BCUT2D eigenvalue weighted by molar-refractivity contribution is 7.20. The summed E-state index contributed by atoms with van der Waals surface area (Å²) in [7, 11) is 0. The molecule has 6 heteroatoms. The molecule has 25 heavy (non-hydrogen) atoms. The van der Waals surface area contributed by atoms with Crippen LogP contribution in [0, 0.1) is 0 Å². The Kier molecular flexibility index (Phi) is 4.09. The molecule has 2 aliphatic rings. The highest BCUT2D eigenvalue weighted by Crippen LogP contribution is 2.40. The number of nitrogens with zero attached hydrogens (tertiary/aromatic N) is 3. The molecule has 4 rings (SSSR count). The molecule has 0 aliphatic carbocycles. The van der Waals surface area contributed by atoms with E-state index in [1.165, 1.54) is 15.2 Å². The predicted octanol–water partition coefficient (Wildman–Crippen LogP) is 3.03. The van der Waals surface area contributed by atoms with Crippen LogP contribution in [0.15, 0.2) is 18.5 Å². The van der Waals surface area contributed by atoms with Crippen LogP contribution in [0.2, 0.25) is 0 Å². The second-order valence-corrected chi connectivity index (χ2v) is 9.39. The maximum absolute atomic E-state index is 4.61. The minimum absolute atomic E-state index is 0.000303. The van der Waals surface area contributed by atoms with Gasteiger partial charge in [0.1, 0.15) is 12.1 Å². The first kappa shape index (κ1) is 16.9. The summed E-state index contributed by atoms with van der Waals surface area (Å²) in [6.45, 7) is 13.1. The predicted molar refractivity (Wildman–Crippen MR) is 106 cm³/mol. The van der Waals surface area contributed by atoms with Gasteiger partial charge >= 0.3 is 0 Å². The van der Waals surface area contributed by atoms with Gasteiger partial charge in [-0.3, -0.25) is 0 Å². The Bertz CT molecular complexity index is 814. The van der Waals surface area contributed by atoms with Crippen LogP contribution < -0.4 is 15.5 Å². The molecule has 2 aromatic rings. The van der Waals surface area contributed by atoms with E-state index in [-0.39, 0.29) is 11.1 Å². The van der Waals surface area contributed by atoms with Gasteiger partial charge in [-0.15, -0.1) is 11.3 Å². The van der Waals surface area contributed by atoms with Crippen LogP contribution in [0.25, 0.3) is 15.8 Å². The standard InChI is InChI=1S/C19H27N5S/c1-18(2)10-13(11-19(3,4)23-18)15-9-14-16(25-15)17(22-12-21-14)24-7-5-20-6-8-24/h9-10,12,20,23H,5-8,11H2,1-4H3. The molecule has 2 aliphatic heterocycles. The lowest BCUT2D eigenvalue weighted by molar-refractivity contribution is 0.297. The summed E-state index contributed by atoms with van der Waals surface area (Å²) < 4.78 is 1.22. The van der Waals surface area contributed by atoms with Crippen LogP contribution in [0.4, 0.5) is 5.82 Å². The summed E-state index contributed by atoms with van der Waals surface area (Å²) in [5.41, 5.74) is 2.58. The third-order valence-electron chi connectivity index (χ3n) is 4.85. The molecule has 134 valence electrons. The van der Waals surface area contributed by atoms with Crippen LogP contribution in [-0.2, 0) is 0 Å². The van der Waals surface area contributed by atoms with Crippen molar-refractivity contribution in [1.29, 1.82) is 0 Å². The monoisotopic (exact) mass is 357 g/mol. The van der Waals surface area contributed by atoms with E-state index in [0.717, 1.165) is 43.9 Å². The lowest BCUT2D eigenvalue weighted by atomic mass is 9.83. The summed E-state index contributed by atoms with van der Waals surface area (Å²) in [4.78, 5) is 12.9. The first-order valence-electron chi connectivity index (χ1n) is 9.05. The van der Waals surface area contributed by atoms with Gasteiger partial charge in [-0.05, 0) is 45.8 Å². The van der Waals surface area contributed by atoms with Crippen LogP contribution in [0.1, 0.15) is 39.0 Å². The Morgan fingerprint density at radius 1 is 1.12 bits per heavy atom. The van der Waals surface area contributed by atoms with Gasteiger partial charge < -0.3 is 15.5 Å². The number of piperazine rings is 1. The number of hydrogen-bond acceptors (Lipinski definition) is 6. The fourth-order valence-electron chi connectivity index (χ4n) is 4.18. The lowest BCUT2D eigenvalue weighted by Gasteiger charge is -2.41. The normalized spacial score (nSPS) is 22.9. The molecule has 0 amide bonds. The van der Waals surface area contributed by atoms with E-state index in [2.05, 4.69) is 65.3 Å². The maximum Gasteiger partial charge on any atom is 0.150 e. The Hall–Kier alpha value is -1.50. The van der Waals surface area contributed by atoms with Crippen molar-refractivity contribution in [2.24, 2.45) is 0 Å². The first-order valence-corrected chi connectivity index (χ1v) is 9.86. The maximum atomic E-state index is 4.61. The van der Waals surface area contributed by atoms with Crippen molar-refractivity contribution in [3.05, 3.63) is 23.3 Å². The minimum Gasteiger partial charge on any atom is -0.353 e. The second-order valence-electron chi connectivity index (χ2n) is 8.34. The number of nitrogens with one attached hydrogen (secondary N) is 2. The van der Waals surface area contributed by atoms with Gasteiger partial charge in [-0.25, -0.2) is 9.97 Å². The molecule has 2 N–H and O–H groups in total. The van der Waals surface area contributed by atoms with Gasteiger partial charge in [0.15, 0.2) is 0 Å². The van der Waals surface area contributed by atoms with Crippen LogP contribution in [0.5, 0.6) is 0 Å². The van der Waals surface area contributed by atoms with Crippen molar-refractivity contribution in [3.8, 4) is 0 Å². The average Bonchev–Trinajstić information content (AvgIpc) is 2.97. The van der Waals surface area contributed by atoms with Gasteiger partial charge in [0.25, 0.3) is 0 Å². The number of hydrogen-bond donors (Lipinski definition) is 2. The fourth-order valence-corrected chi connectivity index (χ4v) is 5.32. The van der Waals surface area contributed by atoms with Crippen molar-refractivity contribution in [2.45, 2.75) is 45.2 Å². The molecule has 5 nitrogen and oxygen atoms in total. The van der Waals surface area contributed by atoms with Crippen LogP contribution in [-0.4, -0.2) is 47.2 Å². The average molecular weight is 358 g/mol. The summed E-state index contributed by atoms with van der Waals surface area (Å²) in [5, 5.41) is 7.12. The Balaban J connectivity index is 1.76. The second kappa shape index (κ2) is 6.04. The van der Waals surface area contributed by atoms with E-state index in [1.807, 2.05) is 11.3 Å². The molecule has 2 aromatic heterocycles. The number of thiophene rings is 1. The SMILES string of the molecule is CC1(C)C=C(c2cc3ncnc(N4CCNCC4)c3s2)CC(C)(C)N1. The molecular weight excluding hydrogens is 330 g/mol. The molecule has 0 unspecified atom stereocenters. The molecule has 0 bridgehead atoms. The van der Waals surface area contributed by atoms with Gasteiger partial charge in [0.05, 0.1) is 10.2 Å². The number of anilines is 1. The smallest absolute Gasteiger partial charge is 0.150 e. The molecular formula is C19H27N5S. The van der Waals surface area contributed by atoms with Crippen molar-refractivity contribution in [2.75, 3.05) is 31.1 Å². The fraction of sp³-hybridized carbons (Fsp3) is 0.579. The van der Waals surface area contributed by atoms with E-state index < -0.39 is 0 Å². The quantitative estimate of drug-likeness (QED) is 0.865. The van der Waals surface area contributed by atoms with E-state index in [0.29, 0.717) is 0 Å². The zero-order chi connectivity index (χ0) is 17.7. The Morgan fingerprint density at radius 2 is 1.88 bits per heavy atom. The summed E-state index contributed by atoms with van der Waals surface area (Å²) in [5.74, 6) is 1.09. The molecule has 0 atom stereocenters. The van der Waals surface area contributed by atoms with Gasteiger partial charge in [-0.2, -0.15) is 0 Å². The summed E-state index contributed by atoms with van der Waals surface area (Å²) in [6, 6.07) is 2.25. The van der Waals surface area contributed by atoms with E-state index in [1.54, 1.807) is 6.33 Å². The molecule has 4 heterocycles. The Labute approximate surface area is 153 Å². The molecule has 0 radical (unpaired) electrons. The summed E-state index contributed by atoms with van der Waals surface area (Å²) >= 11 is 1.84. The van der Waals surface area contributed by atoms with Crippen LogP contribution in [0.3, 0.4) is 0 Å². The topological polar surface area (TPSA) is 53.1 Å². The highest BCUT2D eigenvalue weighted by atomic mass is 32.1. The first-order chi connectivity index (χ1) is 11.8. The lowest BCUT2D eigenvalue weighted by Crippen LogP contribution is -2.53. The van der Waals surface area contributed by atoms with E-state index >= 15 is 0 Å². The number of fused-ring (bicyclic) bond motifs is 1. The molecule has 1 saturated heterocycles. The Morgan fingerprint density at radius 3 is 2.60 bits per heavy atom. The van der Waals surface area contributed by atoms with Crippen molar-refractivity contribution >= 4 is 32.9 Å². The third-order valence-corrected chi connectivity index (χ3v) is 6.05. The third kappa shape index (κ3) is 3.43. The van der Waals surface area contributed by atoms with E-state index in [4.69, 9.17) is 0 Å². The molecule has 0 aromatic carbocycles. The highest BCUT2D eigenvalue weighted by Gasteiger charge is 2.33. The summed E-state index contributed by atoms with van der Waals surface area (Å²) in [6.07, 6.45) is 5.11. The van der Waals surface area contributed by atoms with Crippen LogP contribution >= 0.6 is 11.3 Å².